The topological polar surface area (TPSA) is 37.3 Å². The van der Waals surface area contributed by atoms with E-state index >= 15 is 0 Å². The van der Waals surface area contributed by atoms with Crippen molar-refractivity contribution in [2.75, 3.05) is 0 Å². The smallest absolute Gasteiger partial charge is 0.303 e. The SMILES string of the molecule is CC#CCCCC=C[C@H]1CCC[C@@H]1CC=CCCCC(=O)O. The number of carboxylic acids is 1. The minimum Gasteiger partial charge on any atom is -0.481 e. The molecule has 0 amide bonds. The normalized spacial score (nSPS) is 21.3. The van der Waals surface area contributed by atoms with Gasteiger partial charge >= 0.3 is 5.97 Å². The van der Waals surface area contributed by atoms with Gasteiger partial charge in [-0.3, -0.25) is 4.79 Å². The van der Waals surface area contributed by atoms with Gasteiger partial charge in [0.1, 0.15) is 0 Å². The molecule has 2 nitrogen and oxygen atoms in total. The van der Waals surface area contributed by atoms with Gasteiger partial charge in [0.15, 0.2) is 0 Å². The van der Waals surface area contributed by atoms with E-state index in [2.05, 4.69) is 36.1 Å². The minimum absolute atomic E-state index is 0.279. The predicted octanol–water partition coefficient (Wildman–Crippen LogP) is 5.35. The zero-order valence-electron chi connectivity index (χ0n) is 13.9. The first kappa shape index (κ1) is 18.6. The second-order valence-corrected chi connectivity index (χ2v) is 6.10. The molecular weight excluding hydrogens is 272 g/mol. The highest BCUT2D eigenvalue weighted by atomic mass is 16.4. The molecule has 0 heterocycles. The molecule has 1 aliphatic rings. The van der Waals surface area contributed by atoms with E-state index in [1.165, 1.54) is 19.3 Å². The van der Waals surface area contributed by atoms with Gasteiger partial charge in [0.25, 0.3) is 0 Å². The molecule has 2 heteroatoms. The van der Waals surface area contributed by atoms with Gasteiger partial charge in [0, 0.05) is 12.8 Å². The second kappa shape index (κ2) is 12.1. The van der Waals surface area contributed by atoms with E-state index in [0.29, 0.717) is 0 Å². The second-order valence-electron chi connectivity index (χ2n) is 6.10. The van der Waals surface area contributed by atoms with Gasteiger partial charge in [0.05, 0.1) is 0 Å². The highest BCUT2D eigenvalue weighted by Gasteiger charge is 2.23. The van der Waals surface area contributed by atoms with Crippen molar-refractivity contribution in [2.45, 2.75) is 71.1 Å². The summed E-state index contributed by atoms with van der Waals surface area (Å²) in [6.07, 6.45) is 19.6. The molecule has 122 valence electrons. The number of allylic oxidation sites excluding steroid dienone is 4. The van der Waals surface area contributed by atoms with Crippen LogP contribution in [0.4, 0.5) is 0 Å². The maximum Gasteiger partial charge on any atom is 0.303 e. The Labute approximate surface area is 135 Å². The lowest BCUT2D eigenvalue weighted by molar-refractivity contribution is -0.137. The fraction of sp³-hybridized carbons (Fsp3) is 0.650. The minimum atomic E-state index is -0.695. The Morgan fingerprint density at radius 2 is 2.00 bits per heavy atom. The van der Waals surface area contributed by atoms with Gasteiger partial charge in [0.2, 0.25) is 0 Å². The zero-order valence-corrected chi connectivity index (χ0v) is 13.9. The van der Waals surface area contributed by atoms with Crippen LogP contribution in [-0.4, -0.2) is 11.1 Å². The van der Waals surface area contributed by atoms with Crippen molar-refractivity contribution in [3.8, 4) is 11.8 Å². The van der Waals surface area contributed by atoms with Crippen molar-refractivity contribution in [1.29, 1.82) is 0 Å². The van der Waals surface area contributed by atoms with Gasteiger partial charge < -0.3 is 5.11 Å². The molecule has 1 aliphatic carbocycles. The third kappa shape index (κ3) is 8.72. The lowest BCUT2D eigenvalue weighted by Gasteiger charge is -2.13. The molecule has 1 rings (SSSR count). The number of carbonyl (C=O) groups is 1. The Hall–Kier alpha value is -1.49. The number of unbranched alkanes of at least 4 members (excludes halogenated alkanes) is 3. The molecule has 1 fully saturated rings. The highest BCUT2D eigenvalue weighted by molar-refractivity contribution is 5.66. The Kier molecular flexibility index (Phi) is 10.2. The van der Waals surface area contributed by atoms with E-state index < -0.39 is 5.97 Å². The lowest BCUT2D eigenvalue weighted by atomic mass is 9.92. The summed E-state index contributed by atoms with van der Waals surface area (Å²) >= 11 is 0. The van der Waals surface area contributed by atoms with Gasteiger partial charge in [-0.25, -0.2) is 0 Å². The molecule has 1 saturated carbocycles. The van der Waals surface area contributed by atoms with Crippen LogP contribution in [0.15, 0.2) is 24.3 Å². The largest absolute Gasteiger partial charge is 0.481 e. The number of hydrogen-bond donors (Lipinski definition) is 1. The maximum atomic E-state index is 10.4. The first-order valence-corrected chi connectivity index (χ1v) is 8.67. The first-order chi connectivity index (χ1) is 10.7. The predicted molar refractivity (Wildman–Crippen MR) is 92.5 cm³/mol. The van der Waals surface area contributed by atoms with Crippen LogP contribution >= 0.6 is 0 Å². The van der Waals surface area contributed by atoms with E-state index in [1.54, 1.807) is 0 Å². The molecule has 0 aromatic carbocycles. The van der Waals surface area contributed by atoms with Crippen molar-refractivity contribution in [3.05, 3.63) is 24.3 Å². The Balaban J connectivity index is 2.18. The molecule has 0 unspecified atom stereocenters. The average molecular weight is 302 g/mol. The summed E-state index contributed by atoms with van der Waals surface area (Å²) in [5, 5.41) is 8.59. The van der Waals surface area contributed by atoms with Crippen LogP contribution in [0.2, 0.25) is 0 Å². The molecular formula is C20H30O2. The molecule has 0 saturated heterocycles. The van der Waals surface area contributed by atoms with Crippen LogP contribution in [0.1, 0.15) is 71.1 Å². The molecule has 0 aromatic heterocycles. The van der Waals surface area contributed by atoms with E-state index in [9.17, 15) is 4.79 Å². The third-order valence-electron chi connectivity index (χ3n) is 4.32. The fourth-order valence-electron chi connectivity index (χ4n) is 3.08. The van der Waals surface area contributed by atoms with E-state index in [1.807, 2.05) is 6.92 Å². The summed E-state index contributed by atoms with van der Waals surface area (Å²) in [6.45, 7) is 1.90. The van der Waals surface area contributed by atoms with Crippen LogP contribution in [0.5, 0.6) is 0 Å². The maximum absolute atomic E-state index is 10.4. The standard InChI is InChI=1S/C20H30O2/c1-2-3-4-5-6-9-13-18-15-12-16-19(18)14-10-7-8-11-17-20(21)22/h7,9-10,13,18-19H,4-6,8,11-12,14-17H2,1H3,(H,21,22)/t18-,19-/m0/s1. The number of carboxylic acid groups (broad SMARTS) is 1. The number of aliphatic carboxylic acids is 1. The Bertz CT molecular complexity index is 423. The van der Waals surface area contributed by atoms with E-state index in [4.69, 9.17) is 5.11 Å². The van der Waals surface area contributed by atoms with Gasteiger partial charge in [-0.05, 0) is 63.7 Å². The Morgan fingerprint density at radius 1 is 1.18 bits per heavy atom. The summed E-state index contributed by atoms with van der Waals surface area (Å²) < 4.78 is 0. The van der Waals surface area contributed by atoms with Crippen LogP contribution in [0.3, 0.4) is 0 Å². The van der Waals surface area contributed by atoms with Crippen molar-refractivity contribution >= 4 is 5.97 Å². The summed E-state index contributed by atoms with van der Waals surface area (Å²) in [5.74, 6) is 6.87. The van der Waals surface area contributed by atoms with Crippen molar-refractivity contribution in [1.82, 2.24) is 0 Å². The monoisotopic (exact) mass is 302 g/mol. The van der Waals surface area contributed by atoms with Gasteiger partial charge in [-0.15, -0.1) is 11.8 Å². The first-order valence-electron chi connectivity index (χ1n) is 8.67. The quantitative estimate of drug-likeness (QED) is 0.335. The van der Waals surface area contributed by atoms with Crippen LogP contribution in [0, 0.1) is 23.7 Å². The molecule has 0 aliphatic heterocycles. The van der Waals surface area contributed by atoms with Gasteiger partial charge in [-0.2, -0.15) is 0 Å². The highest BCUT2D eigenvalue weighted by Crippen LogP contribution is 2.35. The van der Waals surface area contributed by atoms with E-state index in [-0.39, 0.29) is 6.42 Å². The zero-order chi connectivity index (χ0) is 16.0. The number of hydrogen-bond acceptors (Lipinski definition) is 1. The van der Waals surface area contributed by atoms with Gasteiger partial charge in [-0.1, -0.05) is 30.7 Å². The summed E-state index contributed by atoms with van der Waals surface area (Å²) in [5.41, 5.74) is 0. The van der Waals surface area contributed by atoms with Crippen LogP contribution < -0.4 is 0 Å². The molecule has 2 atom stereocenters. The molecule has 1 N–H and O–H groups in total. The molecule has 0 aromatic rings. The fourth-order valence-corrected chi connectivity index (χ4v) is 3.08. The molecule has 22 heavy (non-hydrogen) atoms. The van der Waals surface area contributed by atoms with Crippen LogP contribution in [-0.2, 0) is 4.79 Å². The molecule has 0 radical (unpaired) electrons. The third-order valence-corrected chi connectivity index (χ3v) is 4.32. The Morgan fingerprint density at radius 3 is 2.77 bits per heavy atom. The summed E-state index contributed by atoms with van der Waals surface area (Å²) in [4.78, 5) is 10.4. The van der Waals surface area contributed by atoms with Crippen molar-refractivity contribution < 1.29 is 9.90 Å². The molecule has 0 bridgehead atoms. The summed E-state index contributed by atoms with van der Waals surface area (Å²) in [7, 11) is 0. The lowest BCUT2D eigenvalue weighted by Crippen LogP contribution is -2.03. The van der Waals surface area contributed by atoms with Crippen LogP contribution in [0.25, 0.3) is 0 Å². The van der Waals surface area contributed by atoms with E-state index in [0.717, 1.165) is 50.4 Å². The van der Waals surface area contributed by atoms with Crippen molar-refractivity contribution in [3.63, 3.8) is 0 Å². The molecule has 0 spiro atoms. The van der Waals surface area contributed by atoms with Crippen molar-refractivity contribution in [2.24, 2.45) is 11.8 Å². The average Bonchev–Trinajstić information content (AvgIpc) is 2.93. The summed E-state index contributed by atoms with van der Waals surface area (Å²) in [6, 6.07) is 0. The number of rotatable bonds is 10.